The highest BCUT2D eigenvalue weighted by Crippen LogP contribution is 2.19. The number of nitrogens with zero attached hydrogens (tertiary/aromatic N) is 3. The van der Waals surface area contributed by atoms with E-state index in [9.17, 15) is 4.79 Å². The molecule has 0 aliphatic carbocycles. The zero-order valence-electron chi connectivity index (χ0n) is 11.0. The Morgan fingerprint density at radius 1 is 1.37 bits per heavy atom. The van der Waals surface area contributed by atoms with Gasteiger partial charge in [-0.25, -0.2) is 4.79 Å². The van der Waals surface area contributed by atoms with Gasteiger partial charge in [-0.3, -0.25) is 0 Å². The number of halogens is 1. The standard InChI is InChI=1S/C13H14ClN3O2/c1-4-19-13(18)12-9(3)15-17(16-12)10-6-5-8(2)11(14)7-10/h5-7H,4H2,1-3H3. The van der Waals surface area contributed by atoms with Gasteiger partial charge in [0.2, 0.25) is 0 Å². The van der Waals surface area contributed by atoms with Crippen molar-refractivity contribution in [3.8, 4) is 5.69 Å². The van der Waals surface area contributed by atoms with Crippen LogP contribution in [-0.4, -0.2) is 27.6 Å². The summed E-state index contributed by atoms with van der Waals surface area (Å²) in [6, 6.07) is 5.47. The van der Waals surface area contributed by atoms with Gasteiger partial charge in [-0.15, -0.1) is 5.10 Å². The highest BCUT2D eigenvalue weighted by atomic mass is 35.5. The normalized spacial score (nSPS) is 10.5. The molecule has 0 amide bonds. The fraction of sp³-hybridized carbons (Fsp3) is 0.308. The third-order valence-corrected chi connectivity index (χ3v) is 3.04. The summed E-state index contributed by atoms with van der Waals surface area (Å²) in [5.41, 5.74) is 2.42. The average Bonchev–Trinajstić information content (AvgIpc) is 2.75. The number of esters is 1. The molecule has 0 N–H and O–H groups in total. The molecule has 0 saturated heterocycles. The lowest BCUT2D eigenvalue weighted by atomic mass is 10.2. The van der Waals surface area contributed by atoms with Crippen LogP contribution in [0.1, 0.15) is 28.7 Å². The van der Waals surface area contributed by atoms with E-state index in [1.807, 2.05) is 19.1 Å². The van der Waals surface area contributed by atoms with E-state index in [-0.39, 0.29) is 5.69 Å². The van der Waals surface area contributed by atoms with Gasteiger partial charge in [-0.2, -0.15) is 9.90 Å². The first kappa shape index (κ1) is 13.5. The lowest BCUT2D eigenvalue weighted by molar-refractivity contribution is 0.0518. The molecule has 100 valence electrons. The minimum Gasteiger partial charge on any atom is -0.461 e. The van der Waals surface area contributed by atoms with Crippen LogP contribution in [0.25, 0.3) is 5.69 Å². The second kappa shape index (κ2) is 5.40. The van der Waals surface area contributed by atoms with Gasteiger partial charge in [-0.1, -0.05) is 17.7 Å². The maximum absolute atomic E-state index is 11.7. The molecule has 2 aromatic rings. The molecule has 0 spiro atoms. The number of rotatable bonds is 3. The smallest absolute Gasteiger partial charge is 0.360 e. The van der Waals surface area contributed by atoms with E-state index in [1.165, 1.54) is 4.80 Å². The topological polar surface area (TPSA) is 57.0 Å². The van der Waals surface area contributed by atoms with E-state index in [2.05, 4.69) is 10.2 Å². The summed E-state index contributed by atoms with van der Waals surface area (Å²) in [6.45, 7) is 5.68. The van der Waals surface area contributed by atoms with Crippen molar-refractivity contribution >= 4 is 17.6 Å². The summed E-state index contributed by atoms with van der Waals surface area (Å²) in [5, 5.41) is 8.97. The minimum absolute atomic E-state index is 0.221. The zero-order valence-corrected chi connectivity index (χ0v) is 11.7. The fourth-order valence-corrected chi connectivity index (χ4v) is 1.76. The van der Waals surface area contributed by atoms with E-state index >= 15 is 0 Å². The number of hydrogen-bond donors (Lipinski definition) is 0. The Morgan fingerprint density at radius 3 is 2.74 bits per heavy atom. The number of aryl methyl sites for hydroxylation is 2. The third-order valence-electron chi connectivity index (χ3n) is 2.64. The summed E-state index contributed by atoms with van der Waals surface area (Å²) < 4.78 is 4.92. The summed E-state index contributed by atoms with van der Waals surface area (Å²) in [6.07, 6.45) is 0. The van der Waals surface area contributed by atoms with Crippen molar-refractivity contribution < 1.29 is 9.53 Å². The Labute approximate surface area is 116 Å². The molecule has 0 unspecified atom stereocenters. The number of aromatic nitrogens is 3. The van der Waals surface area contributed by atoms with Gasteiger partial charge in [0.15, 0.2) is 5.69 Å². The fourth-order valence-electron chi connectivity index (χ4n) is 1.59. The maximum Gasteiger partial charge on any atom is 0.360 e. The van der Waals surface area contributed by atoms with Gasteiger partial charge >= 0.3 is 5.97 Å². The Balaban J connectivity index is 2.38. The van der Waals surface area contributed by atoms with Crippen molar-refractivity contribution in [2.24, 2.45) is 0 Å². The van der Waals surface area contributed by atoms with Crippen molar-refractivity contribution in [3.63, 3.8) is 0 Å². The number of carbonyl (C=O) groups excluding carboxylic acids is 1. The monoisotopic (exact) mass is 279 g/mol. The van der Waals surface area contributed by atoms with Gasteiger partial charge in [0.05, 0.1) is 18.0 Å². The van der Waals surface area contributed by atoms with Gasteiger partial charge in [0, 0.05) is 5.02 Å². The second-order valence-electron chi connectivity index (χ2n) is 4.08. The largest absolute Gasteiger partial charge is 0.461 e. The Kier molecular flexibility index (Phi) is 3.85. The van der Waals surface area contributed by atoms with Crippen molar-refractivity contribution in [1.29, 1.82) is 0 Å². The summed E-state index contributed by atoms with van der Waals surface area (Å²) in [4.78, 5) is 13.0. The molecule has 0 atom stereocenters. The molecule has 0 radical (unpaired) electrons. The minimum atomic E-state index is -0.468. The predicted molar refractivity (Wildman–Crippen MR) is 71.8 cm³/mol. The van der Waals surface area contributed by atoms with Crippen LogP contribution in [0.2, 0.25) is 5.02 Å². The van der Waals surface area contributed by atoms with Gasteiger partial charge in [-0.05, 0) is 38.5 Å². The first-order valence-electron chi connectivity index (χ1n) is 5.90. The van der Waals surface area contributed by atoms with Crippen LogP contribution >= 0.6 is 11.6 Å². The van der Waals surface area contributed by atoms with E-state index in [1.54, 1.807) is 19.9 Å². The Hall–Kier alpha value is -1.88. The quantitative estimate of drug-likeness (QED) is 0.811. The van der Waals surface area contributed by atoms with Crippen molar-refractivity contribution in [2.45, 2.75) is 20.8 Å². The molecule has 5 nitrogen and oxygen atoms in total. The summed E-state index contributed by atoms with van der Waals surface area (Å²) in [7, 11) is 0. The molecule has 6 heteroatoms. The molecule has 0 aliphatic rings. The van der Waals surface area contributed by atoms with Crippen LogP contribution in [0.5, 0.6) is 0 Å². The first-order chi connectivity index (χ1) is 9.02. The van der Waals surface area contributed by atoms with Crippen molar-refractivity contribution in [2.75, 3.05) is 6.61 Å². The Bertz CT molecular complexity index is 622. The first-order valence-corrected chi connectivity index (χ1v) is 6.28. The maximum atomic E-state index is 11.7. The highest BCUT2D eigenvalue weighted by Gasteiger charge is 2.17. The summed E-state index contributed by atoms with van der Waals surface area (Å²) >= 11 is 6.06. The van der Waals surface area contributed by atoms with E-state index < -0.39 is 5.97 Å². The lowest BCUT2D eigenvalue weighted by Gasteiger charge is -2.02. The van der Waals surface area contributed by atoms with Crippen LogP contribution in [0, 0.1) is 13.8 Å². The van der Waals surface area contributed by atoms with Gasteiger partial charge in [0.25, 0.3) is 0 Å². The van der Waals surface area contributed by atoms with Crippen LogP contribution in [0.3, 0.4) is 0 Å². The van der Waals surface area contributed by atoms with Crippen LogP contribution in [-0.2, 0) is 4.74 Å². The zero-order chi connectivity index (χ0) is 14.0. The number of hydrogen-bond acceptors (Lipinski definition) is 4. The summed E-state index contributed by atoms with van der Waals surface area (Å²) in [5.74, 6) is -0.468. The molecule has 0 bridgehead atoms. The molecule has 1 aromatic heterocycles. The lowest BCUT2D eigenvalue weighted by Crippen LogP contribution is -2.07. The molecule has 1 aromatic carbocycles. The van der Waals surface area contributed by atoms with Crippen molar-refractivity contribution in [1.82, 2.24) is 15.0 Å². The van der Waals surface area contributed by atoms with E-state index in [0.29, 0.717) is 23.0 Å². The van der Waals surface area contributed by atoms with E-state index in [0.717, 1.165) is 5.56 Å². The molecule has 0 fully saturated rings. The average molecular weight is 280 g/mol. The van der Waals surface area contributed by atoms with E-state index in [4.69, 9.17) is 16.3 Å². The molecule has 2 rings (SSSR count). The number of ether oxygens (including phenoxy) is 1. The molecule has 1 heterocycles. The number of benzene rings is 1. The predicted octanol–water partition coefficient (Wildman–Crippen LogP) is 2.71. The van der Waals surface area contributed by atoms with Gasteiger partial charge in [0.1, 0.15) is 0 Å². The molecule has 0 saturated carbocycles. The third kappa shape index (κ3) is 2.76. The van der Waals surface area contributed by atoms with Crippen LogP contribution in [0.4, 0.5) is 0 Å². The van der Waals surface area contributed by atoms with Crippen LogP contribution in [0.15, 0.2) is 18.2 Å². The number of carbonyl (C=O) groups is 1. The van der Waals surface area contributed by atoms with Gasteiger partial charge < -0.3 is 4.74 Å². The molecular weight excluding hydrogens is 266 g/mol. The SMILES string of the molecule is CCOC(=O)c1nn(-c2ccc(C)c(Cl)c2)nc1C. The molecule has 0 aliphatic heterocycles. The second-order valence-corrected chi connectivity index (χ2v) is 4.48. The molecule has 19 heavy (non-hydrogen) atoms. The van der Waals surface area contributed by atoms with Crippen LogP contribution < -0.4 is 0 Å². The Morgan fingerprint density at radius 2 is 2.11 bits per heavy atom. The van der Waals surface area contributed by atoms with Crippen molar-refractivity contribution in [3.05, 3.63) is 40.2 Å². The molecular formula is C13H14ClN3O2. The highest BCUT2D eigenvalue weighted by molar-refractivity contribution is 6.31.